The van der Waals surface area contributed by atoms with Gasteiger partial charge in [-0.05, 0) is 36.2 Å². The standard InChI is InChI=1S/C25H26N2O5/c1-30-18-7-4-6-17(16-18)22-21-23(28)19-8-2-3-9-20(19)32-24(21)25(29)27(22)11-5-10-26-12-14-31-15-13-26/h2-4,6-9,16,22H,5,10-15H2,1H3/t22-/m1/s1. The Labute approximate surface area is 186 Å². The van der Waals surface area contributed by atoms with Gasteiger partial charge in [-0.15, -0.1) is 0 Å². The zero-order valence-corrected chi connectivity index (χ0v) is 18.1. The van der Waals surface area contributed by atoms with E-state index in [-0.39, 0.29) is 17.1 Å². The molecule has 32 heavy (non-hydrogen) atoms. The Kier molecular flexibility index (Phi) is 5.68. The second kappa shape index (κ2) is 8.76. The van der Waals surface area contributed by atoms with Gasteiger partial charge < -0.3 is 18.8 Å². The number of morpholine rings is 1. The maximum atomic E-state index is 13.5. The summed E-state index contributed by atoms with van der Waals surface area (Å²) in [5.74, 6) is 0.590. The summed E-state index contributed by atoms with van der Waals surface area (Å²) in [5, 5.41) is 0.488. The SMILES string of the molecule is COc1cccc([C@@H]2c3c(oc4ccccc4c3=O)C(=O)N2CCCN2CCOCC2)c1. The third-order valence-corrected chi connectivity index (χ3v) is 6.26. The lowest BCUT2D eigenvalue weighted by Gasteiger charge is -2.29. The minimum absolute atomic E-state index is 0.146. The van der Waals surface area contributed by atoms with Crippen LogP contribution in [-0.2, 0) is 4.74 Å². The molecule has 0 N–H and O–H groups in total. The second-order valence-electron chi connectivity index (χ2n) is 8.16. The maximum Gasteiger partial charge on any atom is 0.290 e. The van der Waals surface area contributed by atoms with Crippen LogP contribution in [0.4, 0.5) is 0 Å². The number of rotatable bonds is 6. The van der Waals surface area contributed by atoms with Gasteiger partial charge in [-0.25, -0.2) is 0 Å². The first-order valence-electron chi connectivity index (χ1n) is 11.0. The molecule has 0 radical (unpaired) electrons. The van der Waals surface area contributed by atoms with Crippen LogP contribution < -0.4 is 10.2 Å². The lowest BCUT2D eigenvalue weighted by atomic mass is 9.98. The molecule has 3 heterocycles. The molecule has 1 saturated heterocycles. The molecule has 1 amide bonds. The van der Waals surface area contributed by atoms with E-state index in [9.17, 15) is 9.59 Å². The Balaban J connectivity index is 1.53. The topological polar surface area (TPSA) is 72.2 Å². The lowest BCUT2D eigenvalue weighted by molar-refractivity contribution is 0.0353. The summed E-state index contributed by atoms with van der Waals surface area (Å²) in [5.41, 5.74) is 1.53. The monoisotopic (exact) mass is 434 g/mol. The normalized spacial score (nSPS) is 18.8. The molecule has 1 aromatic heterocycles. The van der Waals surface area contributed by atoms with E-state index in [1.807, 2.05) is 30.3 Å². The quantitative estimate of drug-likeness (QED) is 0.594. The van der Waals surface area contributed by atoms with E-state index in [0.29, 0.717) is 28.8 Å². The average Bonchev–Trinajstić information content (AvgIpc) is 3.12. The van der Waals surface area contributed by atoms with E-state index < -0.39 is 6.04 Å². The number of methoxy groups -OCH3 is 1. The summed E-state index contributed by atoms with van der Waals surface area (Å²) in [4.78, 5) is 31.0. The van der Waals surface area contributed by atoms with Gasteiger partial charge >= 0.3 is 0 Å². The number of ether oxygens (including phenoxy) is 2. The summed E-state index contributed by atoms with van der Waals surface area (Å²) in [6, 6.07) is 14.1. The van der Waals surface area contributed by atoms with E-state index in [1.54, 1.807) is 30.2 Å². The third kappa shape index (κ3) is 3.67. The molecule has 0 aliphatic carbocycles. The van der Waals surface area contributed by atoms with Gasteiger partial charge in [0.2, 0.25) is 5.76 Å². The molecule has 2 aromatic carbocycles. The molecular weight excluding hydrogens is 408 g/mol. The zero-order chi connectivity index (χ0) is 22.1. The van der Waals surface area contributed by atoms with Gasteiger partial charge in [0.15, 0.2) is 5.43 Å². The molecule has 5 rings (SSSR count). The van der Waals surface area contributed by atoms with Crippen molar-refractivity contribution >= 4 is 16.9 Å². The summed E-state index contributed by atoms with van der Waals surface area (Å²) in [7, 11) is 1.61. The van der Waals surface area contributed by atoms with Gasteiger partial charge in [-0.2, -0.15) is 0 Å². The molecule has 2 aliphatic rings. The van der Waals surface area contributed by atoms with Crippen LogP contribution in [0.5, 0.6) is 5.75 Å². The molecule has 7 heteroatoms. The third-order valence-electron chi connectivity index (χ3n) is 6.26. The number of para-hydroxylation sites is 1. The van der Waals surface area contributed by atoms with Gasteiger partial charge in [-0.3, -0.25) is 14.5 Å². The summed E-state index contributed by atoms with van der Waals surface area (Å²) in [6.07, 6.45) is 0.800. The number of hydrogen-bond donors (Lipinski definition) is 0. The van der Waals surface area contributed by atoms with Crippen LogP contribution in [0.15, 0.2) is 57.7 Å². The smallest absolute Gasteiger partial charge is 0.290 e. The molecule has 0 bridgehead atoms. The van der Waals surface area contributed by atoms with Gasteiger partial charge in [0, 0.05) is 26.2 Å². The minimum atomic E-state index is -0.502. The molecule has 166 valence electrons. The number of nitrogens with zero attached hydrogens (tertiary/aromatic N) is 2. The molecule has 1 fully saturated rings. The van der Waals surface area contributed by atoms with E-state index in [1.165, 1.54) is 0 Å². The number of benzene rings is 2. The molecule has 0 spiro atoms. The fraction of sp³-hybridized carbons (Fsp3) is 0.360. The van der Waals surface area contributed by atoms with Crippen LogP contribution in [0.1, 0.15) is 34.1 Å². The van der Waals surface area contributed by atoms with Crippen LogP contribution in [0.3, 0.4) is 0 Å². The van der Waals surface area contributed by atoms with E-state index in [2.05, 4.69) is 4.90 Å². The van der Waals surface area contributed by atoms with Crippen molar-refractivity contribution in [2.24, 2.45) is 0 Å². The molecule has 7 nitrogen and oxygen atoms in total. The Hall–Kier alpha value is -3.16. The number of fused-ring (bicyclic) bond motifs is 2. The Morgan fingerprint density at radius 3 is 2.66 bits per heavy atom. The molecule has 0 unspecified atom stereocenters. The van der Waals surface area contributed by atoms with Crippen LogP contribution in [0.2, 0.25) is 0 Å². The molecule has 0 saturated carbocycles. The first-order chi connectivity index (χ1) is 15.7. The van der Waals surface area contributed by atoms with Gasteiger partial charge in [0.25, 0.3) is 5.91 Å². The number of amides is 1. The van der Waals surface area contributed by atoms with E-state index in [0.717, 1.165) is 44.8 Å². The Morgan fingerprint density at radius 1 is 1.03 bits per heavy atom. The van der Waals surface area contributed by atoms with Crippen molar-refractivity contribution in [3.63, 3.8) is 0 Å². The molecule has 1 atom stereocenters. The largest absolute Gasteiger partial charge is 0.497 e. The predicted octanol–water partition coefficient (Wildman–Crippen LogP) is 3.07. The van der Waals surface area contributed by atoms with Crippen molar-refractivity contribution in [2.45, 2.75) is 12.5 Å². The fourth-order valence-electron chi connectivity index (χ4n) is 4.65. The van der Waals surface area contributed by atoms with Crippen molar-refractivity contribution in [1.29, 1.82) is 0 Å². The van der Waals surface area contributed by atoms with Gasteiger partial charge in [-0.1, -0.05) is 24.3 Å². The molecular formula is C25H26N2O5. The number of carbonyl (C=O) groups excluding carboxylic acids is 1. The fourth-order valence-corrected chi connectivity index (χ4v) is 4.65. The van der Waals surface area contributed by atoms with Crippen LogP contribution in [-0.4, -0.2) is 62.2 Å². The van der Waals surface area contributed by atoms with Crippen molar-refractivity contribution in [3.05, 3.63) is 75.6 Å². The first-order valence-corrected chi connectivity index (χ1v) is 11.0. The van der Waals surface area contributed by atoms with E-state index in [4.69, 9.17) is 13.9 Å². The number of carbonyl (C=O) groups is 1. The Morgan fingerprint density at radius 2 is 1.84 bits per heavy atom. The molecule has 2 aliphatic heterocycles. The van der Waals surface area contributed by atoms with Crippen molar-refractivity contribution < 1.29 is 18.7 Å². The highest BCUT2D eigenvalue weighted by atomic mass is 16.5. The zero-order valence-electron chi connectivity index (χ0n) is 18.1. The molecule has 3 aromatic rings. The lowest BCUT2D eigenvalue weighted by Crippen LogP contribution is -2.38. The highest BCUT2D eigenvalue weighted by Crippen LogP contribution is 2.39. The predicted molar refractivity (Wildman–Crippen MR) is 120 cm³/mol. The Bertz CT molecular complexity index is 1200. The highest BCUT2D eigenvalue weighted by molar-refractivity contribution is 5.99. The van der Waals surface area contributed by atoms with Crippen molar-refractivity contribution in [3.8, 4) is 5.75 Å². The summed E-state index contributed by atoms with van der Waals surface area (Å²) in [6.45, 7) is 4.69. The first kappa shape index (κ1) is 20.7. The van der Waals surface area contributed by atoms with Crippen molar-refractivity contribution in [2.75, 3.05) is 46.5 Å². The minimum Gasteiger partial charge on any atom is -0.497 e. The summed E-state index contributed by atoms with van der Waals surface area (Å²) < 4.78 is 16.8. The average molecular weight is 434 g/mol. The van der Waals surface area contributed by atoms with Crippen LogP contribution in [0.25, 0.3) is 11.0 Å². The number of hydrogen-bond acceptors (Lipinski definition) is 6. The second-order valence-corrected chi connectivity index (χ2v) is 8.16. The highest BCUT2D eigenvalue weighted by Gasteiger charge is 2.42. The van der Waals surface area contributed by atoms with Gasteiger partial charge in [0.05, 0.1) is 37.3 Å². The van der Waals surface area contributed by atoms with E-state index >= 15 is 0 Å². The van der Waals surface area contributed by atoms with Crippen molar-refractivity contribution in [1.82, 2.24) is 9.80 Å². The van der Waals surface area contributed by atoms with Gasteiger partial charge in [0.1, 0.15) is 11.3 Å². The maximum absolute atomic E-state index is 13.5. The van der Waals surface area contributed by atoms with Crippen LogP contribution in [0, 0.1) is 0 Å². The van der Waals surface area contributed by atoms with Crippen LogP contribution >= 0.6 is 0 Å². The summed E-state index contributed by atoms with van der Waals surface area (Å²) >= 11 is 0.